The van der Waals surface area contributed by atoms with Gasteiger partial charge in [-0.15, -0.1) is 0 Å². The Morgan fingerprint density at radius 2 is 1.79 bits per heavy atom. The molecule has 0 saturated carbocycles. The SMILES string of the molecule is Cc1cc([C@H](O)[C@](C)(OCc2ccc(-c3ccc(F)cc3)cc2)C(=O)NO)no1. The van der Waals surface area contributed by atoms with Gasteiger partial charge in [0.25, 0.3) is 5.91 Å². The van der Waals surface area contributed by atoms with E-state index in [0.29, 0.717) is 5.76 Å². The minimum Gasteiger partial charge on any atom is -0.383 e. The standard InChI is InChI=1S/C21H21FN2O5/c1-13-11-18(24-29-13)19(25)21(2,20(26)23-27)28-12-14-3-5-15(6-4-14)16-7-9-17(22)10-8-16/h3-11,19,25,27H,12H2,1-2H3,(H,23,26)/t19-,21-/m0/s1. The Bertz CT molecular complexity index is 971. The molecule has 0 bridgehead atoms. The maximum absolute atomic E-state index is 13.1. The second-order valence-corrected chi connectivity index (χ2v) is 6.81. The minimum atomic E-state index is -1.81. The molecule has 0 aliphatic rings. The number of hydrogen-bond acceptors (Lipinski definition) is 6. The Morgan fingerprint density at radius 3 is 2.31 bits per heavy atom. The highest BCUT2D eigenvalue weighted by Gasteiger charge is 2.44. The molecule has 0 spiro atoms. The largest absolute Gasteiger partial charge is 0.383 e. The van der Waals surface area contributed by atoms with Crippen molar-refractivity contribution in [2.75, 3.05) is 0 Å². The van der Waals surface area contributed by atoms with E-state index < -0.39 is 17.6 Å². The second kappa shape index (κ2) is 8.52. The van der Waals surface area contributed by atoms with Crippen LogP contribution in [0.1, 0.15) is 30.0 Å². The molecule has 0 radical (unpaired) electrons. The van der Waals surface area contributed by atoms with E-state index in [1.165, 1.54) is 30.6 Å². The van der Waals surface area contributed by atoms with E-state index in [9.17, 15) is 14.3 Å². The molecule has 0 saturated heterocycles. The van der Waals surface area contributed by atoms with E-state index in [2.05, 4.69) is 5.16 Å². The number of halogens is 1. The van der Waals surface area contributed by atoms with Crippen LogP contribution in [0.25, 0.3) is 11.1 Å². The van der Waals surface area contributed by atoms with Crippen LogP contribution in [-0.4, -0.2) is 27.0 Å². The van der Waals surface area contributed by atoms with E-state index in [0.717, 1.165) is 16.7 Å². The average molecular weight is 400 g/mol. The minimum absolute atomic E-state index is 0.0124. The van der Waals surface area contributed by atoms with Crippen molar-refractivity contribution in [2.24, 2.45) is 0 Å². The molecule has 152 valence electrons. The highest BCUT2D eigenvalue weighted by atomic mass is 19.1. The molecule has 0 unspecified atom stereocenters. The third-order valence-electron chi connectivity index (χ3n) is 4.67. The Morgan fingerprint density at radius 1 is 1.21 bits per heavy atom. The molecule has 0 aliphatic heterocycles. The molecule has 1 amide bonds. The molecular formula is C21H21FN2O5. The summed E-state index contributed by atoms with van der Waals surface area (Å²) in [5.41, 5.74) is 2.31. The Kier molecular flexibility index (Phi) is 6.07. The van der Waals surface area contributed by atoms with Crippen LogP contribution in [0.3, 0.4) is 0 Å². The van der Waals surface area contributed by atoms with Crippen LogP contribution < -0.4 is 5.48 Å². The average Bonchev–Trinajstić information content (AvgIpc) is 3.18. The summed E-state index contributed by atoms with van der Waals surface area (Å²) in [5, 5.41) is 23.4. The number of carbonyl (C=O) groups excluding carboxylic acids is 1. The molecule has 29 heavy (non-hydrogen) atoms. The van der Waals surface area contributed by atoms with Crippen molar-refractivity contribution in [3.8, 4) is 11.1 Å². The highest BCUT2D eigenvalue weighted by molar-refractivity contribution is 5.84. The fraction of sp³-hybridized carbons (Fsp3) is 0.238. The van der Waals surface area contributed by atoms with Crippen LogP contribution >= 0.6 is 0 Å². The van der Waals surface area contributed by atoms with E-state index in [4.69, 9.17) is 14.5 Å². The van der Waals surface area contributed by atoms with Gasteiger partial charge in [-0.25, -0.2) is 9.87 Å². The van der Waals surface area contributed by atoms with Gasteiger partial charge in [0.15, 0.2) is 5.60 Å². The number of aryl methyl sites for hydroxylation is 1. The lowest BCUT2D eigenvalue weighted by molar-refractivity contribution is -0.174. The summed E-state index contributed by atoms with van der Waals surface area (Å²) in [6, 6.07) is 14.9. The molecule has 3 aromatic rings. The molecule has 2 atom stereocenters. The van der Waals surface area contributed by atoms with Crippen molar-refractivity contribution in [3.05, 3.63) is 77.4 Å². The lowest BCUT2D eigenvalue weighted by Crippen LogP contribution is -2.50. The van der Waals surface area contributed by atoms with Crippen LogP contribution in [0.2, 0.25) is 0 Å². The van der Waals surface area contributed by atoms with Crippen molar-refractivity contribution in [1.82, 2.24) is 10.6 Å². The summed E-state index contributed by atoms with van der Waals surface area (Å²) in [5.74, 6) is -0.767. The Hall–Kier alpha value is -3.07. The fourth-order valence-corrected chi connectivity index (χ4v) is 2.85. The zero-order valence-electron chi connectivity index (χ0n) is 15.9. The third-order valence-corrected chi connectivity index (χ3v) is 4.67. The number of benzene rings is 2. The van der Waals surface area contributed by atoms with Gasteiger partial charge in [-0.2, -0.15) is 0 Å². The number of amides is 1. The summed E-state index contributed by atoms with van der Waals surface area (Å²) in [7, 11) is 0. The van der Waals surface area contributed by atoms with E-state index in [1.807, 2.05) is 12.1 Å². The molecule has 7 nitrogen and oxygen atoms in total. The van der Waals surface area contributed by atoms with E-state index >= 15 is 0 Å². The van der Waals surface area contributed by atoms with Gasteiger partial charge < -0.3 is 14.4 Å². The van der Waals surface area contributed by atoms with Gasteiger partial charge in [0.2, 0.25) is 0 Å². The Labute approximate surface area is 166 Å². The van der Waals surface area contributed by atoms with Crippen LogP contribution in [0, 0.1) is 12.7 Å². The van der Waals surface area contributed by atoms with Crippen LogP contribution in [0.4, 0.5) is 4.39 Å². The number of carbonyl (C=O) groups is 1. The lowest BCUT2D eigenvalue weighted by atomic mass is 9.95. The molecule has 1 heterocycles. The summed E-state index contributed by atoms with van der Waals surface area (Å²) in [6.45, 7) is 2.98. The number of aliphatic hydroxyl groups excluding tert-OH is 1. The van der Waals surface area contributed by atoms with Crippen molar-refractivity contribution in [2.45, 2.75) is 32.2 Å². The summed E-state index contributed by atoms with van der Waals surface area (Å²) < 4.78 is 23.7. The first-order valence-corrected chi connectivity index (χ1v) is 8.88. The number of nitrogens with one attached hydrogen (secondary N) is 1. The maximum atomic E-state index is 13.1. The third kappa shape index (κ3) is 4.51. The number of hydroxylamine groups is 1. The topological polar surface area (TPSA) is 105 Å². The summed E-state index contributed by atoms with van der Waals surface area (Å²) >= 11 is 0. The van der Waals surface area contributed by atoms with Crippen molar-refractivity contribution in [3.63, 3.8) is 0 Å². The molecule has 1 aromatic heterocycles. The van der Waals surface area contributed by atoms with Crippen molar-refractivity contribution < 1.29 is 28.8 Å². The van der Waals surface area contributed by atoms with Gasteiger partial charge in [-0.3, -0.25) is 10.0 Å². The first-order chi connectivity index (χ1) is 13.8. The van der Waals surface area contributed by atoms with Gasteiger partial charge in [-0.1, -0.05) is 41.6 Å². The zero-order valence-corrected chi connectivity index (χ0v) is 15.9. The number of aliphatic hydroxyl groups is 1. The zero-order chi connectivity index (χ0) is 21.0. The number of ether oxygens (including phenoxy) is 1. The molecule has 3 rings (SSSR count). The second-order valence-electron chi connectivity index (χ2n) is 6.81. The first kappa shape index (κ1) is 20.7. The van der Waals surface area contributed by atoms with E-state index in [1.54, 1.807) is 31.2 Å². The lowest BCUT2D eigenvalue weighted by Gasteiger charge is -2.31. The monoisotopic (exact) mass is 400 g/mol. The van der Waals surface area contributed by atoms with Gasteiger partial charge in [0.1, 0.15) is 23.4 Å². The number of nitrogens with zero attached hydrogens (tertiary/aromatic N) is 1. The molecule has 3 N–H and O–H groups in total. The predicted octanol–water partition coefficient (Wildman–Crippen LogP) is 3.30. The van der Waals surface area contributed by atoms with E-state index in [-0.39, 0.29) is 18.1 Å². The number of rotatable bonds is 7. The van der Waals surface area contributed by atoms with Gasteiger partial charge >= 0.3 is 0 Å². The first-order valence-electron chi connectivity index (χ1n) is 8.88. The Balaban J connectivity index is 1.75. The maximum Gasteiger partial charge on any atom is 0.278 e. The predicted molar refractivity (Wildman–Crippen MR) is 101 cm³/mol. The molecule has 0 fully saturated rings. The van der Waals surface area contributed by atoms with Crippen molar-refractivity contribution >= 4 is 5.91 Å². The summed E-state index contributed by atoms with van der Waals surface area (Å²) in [4.78, 5) is 12.2. The van der Waals surface area contributed by atoms with Gasteiger partial charge in [0, 0.05) is 6.07 Å². The number of aromatic nitrogens is 1. The fourth-order valence-electron chi connectivity index (χ4n) is 2.85. The van der Waals surface area contributed by atoms with Gasteiger partial charge in [0.05, 0.1) is 6.61 Å². The normalized spacial score (nSPS) is 14.2. The quantitative estimate of drug-likeness (QED) is 0.415. The van der Waals surface area contributed by atoms with Crippen LogP contribution in [0.15, 0.2) is 59.1 Å². The smallest absolute Gasteiger partial charge is 0.278 e. The van der Waals surface area contributed by atoms with Crippen LogP contribution in [0.5, 0.6) is 0 Å². The molecule has 0 aliphatic carbocycles. The summed E-state index contributed by atoms with van der Waals surface area (Å²) in [6.07, 6.45) is -1.47. The molecule has 2 aromatic carbocycles. The molecular weight excluding hydrogens is 379 g/mol. The highest BCUT2D eigenvalue weighted by Crippen LogP contribution is 2.31. The number of hydrogen-bond donors (Lipinski definition) is 3. The van der Waals surface area contributed by atoms with Crippen LogP contribution in [-0.2, 0) is 16.1 Å². The van der Waals surface area contributed by atoms with Gasteiger partial charge in [-0.05, 0) is 42.7 Å². The molecule has 8 heteroatoms. The van der Waals surface area contributed by atoms with Crippen molar-refractivity contribution in [1.29, 1.82) is 0 Å².